The number of hydrogen-bond acceptors (Lipinski definition) is 5. The smallest absolute Gasteiger partial charge is 0.390 e. The van der Waals surface area contributed by atoms with Gasteiger partial charge in [-0.3, -0.25) is 4.79 Å². The lowest BCUT2D eigenvalue weighted by atomic mass is 9.95. The molecule has 0 aromatic heterocycles. The fourth-order valence-electron chi connectivity index (χ4n) is 2.11. The average Bonchev–Trinajstić information content (AvgIpc) is 2.55. The minimum Gasteiger partial charge on any atom is -0.390 e. The average molecular weight is 246 g/mol. The standard InChI is InChI=1S/C10H18O5Si/c1-6(2)16-13-4-8(7(3)11)10(12)9(15-16)5-14-16/h6,8-10,12H,4-5H2,1-3H3. The van der Waals surface area contributed by atoms with Crippen LogP contribution in [0.2, 0.25) is 5.54 Å². The predicted molar refractivity (Wildman–Crippen MR) is 57.8 cm³/mol. The van der Waals surface area contributed by atoms with Crippen LogP contribution in [-0.2, 0) is 18.1 Å². The fourth-order valence-corrected chi connectivity index (χ4v) is 4.71. The highest BCUT2D eigenvalue weighted by Crippen LogP contribution is 2.36. The lowest BCUT2D eigenvalue weighted by molar-refractivity contribution is -0.127. The van der Waals surface area contributed by atoms with Gasteiger partial charge in [0.05, 0.1) is 31.3 Å². The summed E-state index contributed by atoms with van der Waals surface area (Å²) in [5.74, 6) is -0.543. The number of Topliss-reactive ketones (excluding diaryl/α,β-unsaturated/α-hetero) is 1. The Bertz CT molecular complexity index is 295. The second-order valence-electron chi connectivity index (χ2n) is 4.74. The van der Waals surface area contributed by atoms with Crippen molar-refractivity contribution in [1.29, 1.82) is 0 Å². The summed E-state index contributed by atoms with van der Waals surface area (Å²) in [7, 11) is -2.65. The third-order valence-electron chi connectivity index (χ3n) is 3.25. The van der Waals surface area contributed by atoms with E-state index in [2.05, 4.69) is 0 Å². The van der Waals surface area contributed by atoms with Gasteiger partial charge in [-0.25, -0.2) is 0 Å². The van der Waals surface area contributed by atoms with E-state index in [1.54, 1.807) is 0 Å². The van der Waals surface area contributed by atoms with Gasteiger partial charge in [0.25, 0.3) is 0 Å². The van der Waals surface area contributed by atoms with E-state index >= 15 is 0 Å². The van der Waals surface area contributed by atoms with Crippen LogP contribution in [0.5, 0.6) is 0 Å². The van der Waals surface area contributed by atoms with Gasteiger partial charge in [-0.05, 0) is 6.92 Å². The van der Waals surface area contributed by atoms with E-state index < -0.39 is 26.9 Å². The third-order valence-corrected chi connectivity index (χ3v) is 6.43. The molecule has 0 spiro atoms. The lowest BCUT2D eigenvalue weighted by Crippen LogP contribution is -2.44. The van der Waals surface area contributed by atoms with Gasteiger partial charge in [0.15, 0.2) is 0 Å². The quantitative estimate of drug-likeness (QED) is 0.712. The maximum Gasteiger partial charge on any atom is 0.504 e. The molecule has 0 aliphatic carbocycles. The number of aliphatic hydroxyl groups is 1. The first-order valence-corrected chi connectivity index (χ1v) is 7.41. The van der Waals surface area contributed by atoms with Crippen molar-refractivity contribution >= 4 is 14.6 Å². The second kappa shape index (κ2) is 4.19. The first kappa shape index (κ1) is 12.2. The Morgan fingerprint density at radius 2 is 2.00 bits per heavy atom. The molecule has 0 radical (unpaired) electrons. The van der Waals surface area contributed by atoms with Crippen molar-refractivity contribution in [3.63, 3.8) is 0 Å². The number of fused-ring (bicyclic) bond motifs is 2. The van der Waals surface area contributed by atoms with Gasteiger partial charge in [0, 0.05) is 5.54 Å². The van der Waals surface area contributed by atoms with Crippen molar-refractivity contribution in [2.75, 3.05) is 13.2 Å². The molecule has 5 nitrogen and oxygen atoms in total. The molecule has 0 saturated carbocycles. The van der Waals surface area contributed by atoms with E-state index in [1.807, 2.05) is 13.8 Å². The molecule has 2 aliphatic rings. The van der Waals surface area contributed by atoms with Gasteiger partial charge in [0.1, 0.15) is 5.78 Å². The molecule has 0 amide bonds. The van der Waals surface area contributed by atoms with Crippen molar-refractivity contribution in [2.45, 2.75) is 38.5 Å². The summed E-state index contributed by atoms with van der Waals surface area (Å²) < 4.78 is 17.1. The highest BCUT2D eigenvalue weighted by Gasteiger charge is 2.57. The topological polar surface area (TPSA) is 65.0 Å². The highest BCUT2D eigenvalue weighted by molar-refractivity contribution is 6.62. The molecule has 6 heteroatoms. The number of hydrogen-bond donors (Lipinski definition) is 1. The van der Waals surface area contributed by atoms with Crippen LogP contribution in [0.25, 0.3) is 0 Å². The summed E-state index contributed by atoms with van der Waals surface area (Å²) >= 11 is 0. The molecule has 2 rings (SSSR count). The Hall–Kier alpha value is -0.273. The Morgan fingerprint density at radius 3 is 2.56 bits per heavy atom. The van der Waals surface area contributed by atoms with Crippen LogP contribution in [0.1, 0.15) is 20.8 Å². The van der Waals surface area contributed by atoms with Gasteiger partial charge in [-0.1, -0.05) is 13.8 Å². The molecule has 1 N–H and O–H groups in total. The maximum absolute atomic E-state index is 11.4. The van der Waals surface area contributed by atoms with Crippen molar-refractivity contribution in [2.24, 2.45) is 5.92 Å². The minimum atomic E-state index is -2.65. The molecule has 0 aromatic rings. The zero-order valence-electron chi connectivity index (χ0n) is 9.80. The number of carbonyl (C=O) groups excluding carboxylic acids is 1. The fraction of sp³-hybridized carbons (Fsp3) is 0.900. The van der Waals surface area contributed by atoms with Crippen LogP contribution in [0, 0.1) is 5.92 Å². The van der Waals surface area contributed by atoms with Gasteiger partial charge < -0.3 is 18.4 Å². The zero-order valence-corrected chi connectivity index (χ0v) is 10.8. The Balaban J connectivity index is 2.21. The van der Waals surface area contributed by atoms with Crippen LogP contribution in [0.15, 0.2) is 0 Å². The summed E-state index contributed by atoms with van der Waals surface area (Å²) in [4.78, 5) is 11.4. The van der Waals surface area contributed by atoms with Crippen molar-refractivity contribution < 1.29 is 23.2 Å². The van der Waals surface area contributed by atoms with E-state index in [0.717, 1.165) is 0 Å². The summed E-state index contributed by atoms with van der Waals surface area (Å²) in [6, 6.07) is 0. The van der Waals surface area contributed by atoms with Gasteiger partial charge in [-0.2, -0.15) is 0 Å². The van der Waals surface area contributed by atoms with E-state index in [1.165, 1.54) is 6.92 Å². The number of rotatable bonds is 2. The van der Waals surface area contributed by atoms with Crippen LogP contribution in [-0.4, -0.2) is 45.1 Å². The van der Waals surface area contributed by atoms with Crippen LogP contribution in [0.3, 0.4) is 0 Å². The molecule has 2 heterocycles. The number of carbonyl (C=O) groups is 1. The molecule has 4 atom stereocenters. The van der Waals surface area contributed by atoms with Gasteiger partial charge in [0.2, 0.25) is 0 Å². The van der Waals surface area contributed by atoms with E-state index in [-0.39, 0.29) is 17.9 Å². The normalized spacial score (nSPS) is 43.4. The van der Waals surface area contributed by atoms with Crippen LogP contribution in [0.4, 0.5) is 0 Å². The van der Waals surface area contributed by atoms with Crippen molar-refractivity contribution in [1.82, 2.24) is 0 Å². The Morgan fingerprint density at radius 1 is 1.38 bits per heavy atom. The third kappa shape index (κ3) is 1.84. The molecule has 92 valence electrons. The molecule has 16 heavy (non-hydrogen) atoms. The molecule has 4 unspecified atom stereocenters. The van der Waals surface area contributed by atoms with Crippen LogP contribution >= 0.6 is 0 Å². The second-order valence-corrected chi connectivity index (χ2v) is 7.92. The minimum absolute atomic E-state index is 0.0587. The van der Waals surface area contributed by atoms with E-state index in [4.69, 9.17) is 13.3 Å². The van der Waals surface area contributed by atoms with Crippen LogP contribution < -0.4 is 0 Å². The molecule has 2 bridgehead atoms. The SMILES string of the molecule is CC(=O)C1CO[Si]2(C(C)C)OCC(O2)C1O. The summed E-state index contributed by atoms with van der Waals surface area (Å²) in [6.07, 6.45) is -1.22. The molecule has 2 fully saturated rings. The van der Waals surface area contributed by atoms with Gasteiger partial charge >= 0.3 is 8.80 Å². The van der Waals surface area contributed by atoms with E-state index in [0.29, 0.717) is 6.61 Å². The first-order chi connectivity index (χ1) is 7.46. The lowest BCUT2D eigenvalue weighted by Gasteiger charge is -2.26. The molecule has 2 saturated heterocycles. The van der Waals surface area contributed by atoms with Crippen molar-refractivity contribution in [3.05, 3.63) is 0 Å². The van der Waals surface area contributed by atoms with Crippen molar-refractivity contribution in [3.8, 4) is 0 Å². The maximum atomic E-state index is 11.4. The number of ketones is 1. The Kier molecular flexibility index (Phi) is 3.19. The largest absolute Gasteiger partial charge is 0.504 e. The molecule has 2 aliphatic heterocycles. The Labute approximate surface area is 96.1 Å². The summed E-state index contributed by atoms with van der Waals surface area (Å²) in [5, 5.41) is 10.0. The molecular formula is C10H18O5Si. The summed E-state index contributed by atoms with van der Waals surface area (Å²) in [6.45, 7) is 5.97. The van der Waals surface area contributed by atoms with Gasteiger partial charge in [-0.15, -0.1) is 0 Å². The molecular weight excluding hydrogens is 228 g/mol. The summed E-state index contributed by atoms with van der Waals surface area (Å²) in [5.41, 5.74) is 0.149. The van der Waals surface area contributed by atoms with E-state index in [9.17, 15) is 9.90 Å². The first-order valence-electron chi connectivity index (χ1n) is 5.60. The monoisotopic (exact) mass is 246 g/mol. The molecule has 0 aromatic carbocycles. The number of aliphatic hydroxyl groups excluding tert-OH is 1. The highest BCUT2D eigenvalue weighted by atomic mass is 28.4. The zero-order chi connectivity index (χ0) is 11.9. The predicted octanol–water partition coefficient (Wildman–Crippen LogP) is 0.347.